The van der Waals surface area contributed by atoms with Crippen LogP contribution in [0.25, 0.3) is 0 Å². The van der Waals surface area contributed by atoms with Gasteiger partial charge in [-0.25, -0.2) is 8.42 Å². The fourth-order valence-electron chi connectivity index (χ4n) is 1.82. The van der Waals surface area contributed by atoms with E-state index in [2.05, 4.69) is 4.72 Å². The van der Waals surface area contributed by atoms with Gasteiger partial charge in [-0.1, -0.05) is 13.3 Å². The normalized spacial score (nSPS) is 34.9. The van der Waals surface area contributed by atoms with Crippen molar-refractivity contribution < 1.29 is 13.2 Å². The van der Waals surface area contributed by atoms with E-state index >= 15 is 0 Å². The molecular weight excluding hydrogens is 216 g/mol. The van der Waals surface area contributed by atoms with E-state index in [-0.39, 0.29) is 11.2 Å². The van der Waals surface area contributed by atoms with Crippen molar-refractivity contribution in [2.24, 2.45) is 11.7 Å². The van der Waals surface area contributed by atoms with E-state index in [1.807, 2.05) is 6.92 Å². The number of rotatable bonds is 4. The Labute approximate surface area is 89.5 Å². The average Bonchev–Trinajstić information content (AvgIpc) is 2.97. The minimum absolute atomic E-state index is 0.131. The van der Waals surface area contributed by atoms with Crippen LogP contribution < -0.4 is 10.5 Å². The molecular formula is C9H16N2O3S. The highest BCUT2D eigenvalue weighted by Gasteiger charge is 2.57. The highest BCUT2D eigenvalue weighted by atomic mass is 32.2. The molecule has 3 N–H and O–H groups in total. The number of hydrogen-bond donors (Lipinski definition) is 2. The fraction of sp³-hybridized carbons (Fsp3) is 0.889. The van der Waals surface area contributed by atoms with Crippen molar-refractivity contribution in [1.29, 1.82) is 0 Å². The topological polar surface area (TPSA) is 89.3 Å². The second-order valence-electron chi connectivity index (χ2n) is 4.53. The second-order valence-corrected chi connectivity index (χ2v) is 6.49. The van der Waals surface area contributed by atoms with Crippen molar-refractivity contribution >= 4 is 15.9 Å². The van der Waals surface area contributed by atoms with E-state index in [0.29, 0.717) is 19.3 Å². The zero-order chi connectivity index (χ0) is 11.3. The van der Waals surface area contributed by atoms with Crippen LogP contribution in [0.2, 0.25) is 0 Å². The number of nitrogens with two attached hydrogens (primary N) is 1. The van der Waals surface area contributed by atoms with Crippen LogP contribution in [0, 0.1) is 5.92 Å². The van der Waals surface area contributed by atoms with Crippen molar-refractivity contribution in [2.45, 2.75) is 43.4 Å². The maximum Gasteiger partial charge on any atom is 0.253 e. The first-order valence-corrected chi connectivity index (χ1v) is 6.79. The molecule has 0 spiro atoms. The van der Waals surface area contributed by atoms with Gasteiger partial charge in [0, 0.05) is 0 Å². The van der Waals surface area contributed by atoms with Gasteiger partial charge in [-0.05, 0) is 25.2 Å². The molecule has 0 heterocycles. The molecule has 0 saturated heterocycles. The summed E-state index contributed by atoms with van der Waals surface area (Å²) in [6, 6.07) is 0. The molecule has 0 aromatic heterocycles. The predicted octanol–water partition coefficient (Wildman–Crippen LogP) is -0.278. The van der Waals surface area contributed by atoms with Crippen LogP contribution in [-0.2, 0) is 14.8 Å². The predicted molar refractivity (Wildman–Crippen MR) is 55.4 cm³/mol. The Morgan fingerprint density at radius 3 is 2.53 bits per heavy atom. The maximum absolute atomic E-state index is 11.6. The summed E-state index contributed by atoms with van der Waals surface area (Å²) in [5.74, 6) is -0.395. The Balaban J connectivity index is 1.99. The largest absolute Gasteiger partial charge is 0.317 e. The highest BCUT2D eigenvalue weighted by Crippen LogP contribution is 2.43. The summed E-state index contributed by atoms with van der Waals surface area (Å²) in [6.45, 7) is 1.95. The summed E-state index contributed by atoms with van der Waals surface area (Å²) in [5.41, 5.74) is 4.86. The van der Waals surface area contributed by atoms with Gasteiger partial charge in [-0.3, -0.25) is 9.52 Å². The van der Waals surface area contributed by atoms with Crippen LogP contribution in [0.1, 0.15) is 32.6 Å². The molecule has 0 aliphatic heterocycles. The molecule has 86 valence electrons. The summed E-state index contributed by atoms with van der Waals surface area (Å²) in [4.78, 5) is 11.6. The molecule has 2 fully saturated rings. The number of amides is 1. The smallest absolute Gasteiger partial charge is 0.253 e. The number of carbonyl (C=O) groups excluding carboxylic acids is 1. The van der Waals surface area contributed by atoms with Gasteiger partial charge < -0.3 is 5.73 Å². The Morgan fingerprint density at radius 2 is 2.13 bits per heavy atom. The molecule has 15 heavy (non-hydrogen) atoms. The van der Waals surface area contributed by atoms with Gasteiger partial charge in [0.05, 0.1) is 10.8 Å². The molecule has 2 rings (SSSR count). The van der Waals surface area contributed by atoms with Crippen LogP contribution in [-0.4, -0.2) is 25.1 Å². The molecule has 0 aromatic rings. The van der Waals surface area contributed by atoms with Crippen LogP contribution in [0.3, 0.4) is 0 Å². The van der Waals surface area contributed by atoms with E-state index in [1.54, 1.807) is 0 Å². The van der Waals surface area contributed by atoms with Gasteiger partial charge in [-0.2, -0.15) is 0 Å². The van der Waals surface area contributed by atoms with Gasteiger partial charge in [0.15, 0.2) is 0 Å². The van der Waals surface area contributed by atoms with Gasteiger partial charge in [0.25, 0.3) is 5.91 Å². The number of sulfonamides is 1. The van der Waals surface area contributed by atoms with Crippen molar-refractivity contribution in [3.05, 3.63) is 0 Å². The van der Waals surface area contributed by atoms with Crippen molar-refractivity contribution in [2.75, 3.05) is 0 Å². The third-order valence-electron chi connectivity index (χ3n) is 3.27. The van der Waals surface area contributed by atoms with E-state index in [0.717, 1.165) is 6.42 Å². The second kappa shape index (κ2) is 3.18. The van der Waals surface area contributed by atoms with Crippen LogP contribution in [0.5, 0.6) is 0 Å². The molecule has 2 saturated carbocycles. The van der Waals surface area contributed by atoms with E-state index in [1.165, 1.54) is 0 Å². The highest BCUT2D eigenvalue weighted by molar-refractivity contribution is 7.90. The third-order valence-corrected chi connectivity index (χ3v) is 5.09. The van der Waals surface area contributed by atoms with Gasteiger partial charge in [0.2, 0.25) is 10.0 Å². The molecule has 5 nitrogen and oxygen atoms in total. The average molecular weight is 232 g/mol. The molecule has 2 aliphatic carbocycles. The van der Waals surface area contributed by atoms with Crippen molar-refractivity contribution in [3.8, 4) is 0 Å². The monoisotopic (exact) mass is 232 g/mol. The Hall–Kier alpha value is -0.620. The zero-order valence-corrected chi connectivity index (χ0v) is 9.51. The summed E-state index contributed by atoms with van der Waals surface area (Å²) in [5, 5.41) is -0.371. The summed E-state index contributed by atoms with van der Waals surface area (Å²) in [6.07, 6.45) is 2.71. The van der Waals surface area contributed by atoms with Crippen LogP contribution in [0.15, 0.2) is 0 Å². The van der Waals surface area contributed by atoms with E-state index in [9.17, 15) is 13.2 Å². The zero-order valence-electron chi connectivity index (χ0n) is 8.69. The van der Waals surface area contributed by atoms with Gasteiger partial charge in [-0.15, -0.1) is 0 Å². The fourth-order valence-corrected chi connectivity index (χ4v) is 3.19. The van der Waals surface area contributed by atoms with Gasteiger partial charge in [0.1, 0.15) is 0 Å². The first kappa shape index (κ1) is 10.9. The summed E-state index contributed by atoms with van der Waals surface area (Å²) >= 11 is 0. The van der Waals surface area contributed by atoms with Gasteiger partial charge >= 0.3 is 0 Å². The molecule has 0 bridgehead atoms. The molecule has 2 aliphatic rings. The minimum Gasteiger partial charge on any atom is -0.317 e. The summed E-state index contributed by atoms with van der Waals surface area (Å²) in [7, 11) is -3.44. The maximum atomic E-state index is 11.6. The lowest BCUT2D eigenvalue weighted by molar-refractivity contribution is -0.121. The molecule has 2 atom stereocenters. The van der Waals surface area contributed by atoms with Crippen molar-refractivity contribution in [1.82, 2.24) is 4.72 Å². The molecule has 0 radical (unpaired) electrons. The Bertz CT molecular complexity index is 388. The molecule has 1 amide bonds. The SMILES string of the molecule is CC[C@H]1C[C@@]1(N)C(=O)NS(=O)(=O)C1CC1. The molecule has 0 aromatic carbocycles. The van der Waals surface area contributed by atoms with E-state index < -0.39 is 21.5 Å². The number of hydrogen-bond acceptors (Lipinski definition) is 4. The first-order valence-electron chi connectivity index (χ1n) is 5.25. The third kappa shape index (κ3) is 1.88. The summed E-state index contributed by atoms with van der Waals surface area (Å²) < 4.78 is 25.1. The van der Waals surface area contributed by atoms with Crippen LogP contribution >= 0.6 is 0 Å². The quantitative estimate of drug-likeness (QED) is 0.697. The van der Waals surface area contributed by atoms with E-state index in [4.69, 9.17) is 5.73 Å². The lowest BCUT2D eigenvalue weighted by Crippen LogP contribution is -2.47. The molecule has 0 unspecified atom stereocenters. The molecule has 6 heteroatoms. The Kier molecular flexibility index (Phi) is 2.31. The first-order chi connectivity index (χ1) is 6.90. The lowest BCUT2D eigenvalue weighted by Gasteiger charge is -2.11. The van der Waals surface area contributed by atoms with Crippen LogP contribution in [0.4, 0.5) is 0 Å². The lowest BCUT2D eigenvalue weighted by atomic mass is 10.2. The number of nitrogens with one attached hydrogen (secondary N) is 1. The minimum atomic E-state index is -3.44. The Morgan fingerprint density at radius 1 is 1.53 bits per heavy atom. The number of carbonyl (C=O) groups is 1. The standard InChI is InChI=1S/C9H16N2O3S/c1-2-6-5-9(6,10)8(12)11-15(13,14)7-3-4-7/h6-7H,2-5,10H2,1H3,(H,11,12)/t6-,9-/m0/s1. The van der Waals surface area contributed by atoms with Crippen molar-refractivity contribution in [3.63, 3.8) is 0 Å².